The molecule has 2 rings (SSSR count). The predicted octanol–water partition coefficient (Wildman–Crippen LogP) is 3.73. The summed E-state index contributed by atoms with van der Waals surface area (Å²) in [5.74, 6) is 0.724. The molecule has 19 heavy (non-hydrogen) atoms. The van der Waals surface area contributed by atoms with Gasteiger partial charge in [-0.15, -0.1) is 0 Å². The highest BCUT2D eigenvalue weighted by atomic mass is 15.2. The minimum Gasteiger partial charge on any atom is -0.368 e. The number of anilines is 1. The van der Waals surface area contributed by atoms with Gasteiger partial charge in [-0.25, -0.2) is 0 Å². The second-order valence-corrected chi connectivity index (χ2v) is 6.17. The molecule has 0 radical (unpaired) electrons. The zero-order chi connectivity index (χ0) is 13.8. The first kappa shape index (κ1) is 14.4. The zero-order valence-electron chi connectivity index (χ0n) is 12.9. The molecule has 2 nitrogen and oxygen atoms in total. The molecule has 1 fully saturated rings. The molecule has 0 amide bonds. The Hall–Kier alpha value is -1.02. The number of nitrogens with zero attached hydrogens (tertiary/aromatic N) is 1. The highest BCUT2D eigenvalue weighted by Gasteiger charge is 2.29. The first-order valence-electron chi connectivity index (χ1n) is 7.68. The molecular weight excluding hydrogens is 232 g/mol. The lowest BCUT2D eigenvalue weighted by Gasteiger charge is -2.27. The fourth-order valence-corrected chi connectivity index (χ4v) is 2.56. The van der Waals surface area contributed by atoms with Crippen molar-refractivity contribution in [1.29, 1.82) is 0 Å². The molecule has 0 heterocycles. The molecule has 106 valence electrons. The van der Waals surface area contributed by atoms with Crippen molar-refractivity contribution in [3.63, 3.8) is 0 Å². The van der Waals surface area contributed by atoms with E-state index < -0.39 is 0 Å². The molecule has 1 aromatic rings. The number of nitrogens with one attached hydrogen (secondary N) is 1. The fraction of sp³-hybridized carbons (Fsp3) is 0.647. The van der Waals surface area contributed by atoms with E-state index in [0.29, 0.717) is 0 Å². The molecule has 0 aliphatic heterocycles. The van der Waals surface area contributed by atoms with Gasteiger partial charge < -0.3 is 10.2 Å². The van der Waals surface area contributed by atoms with E-state index >= 15 is 0 Å². The Morgan fingerprint density at radius 2 is 2.05 bits per heavy atom. The monoisotopic (exact) mass is 260 g/mol. The summed E-state index contributed by atoms with van der Waals surface area (Å²) in [7, 11) is 0. The van der Waals surface area contributed by atoms with Crippen LogP contribution < -0.4 is 10.2 Å². The van der Waals surface area contributed by atoms with E-state index in [0.717, 1.165) is 25.0 Å². The predicted molar refractivity (Wildman–Crippen MR) is 83.8 cm³/mol. The quantitative estimate of drug-likeness (QED) is 0.803. The van der Waals surface area contributed by atoms with Crippen LogP contribution in [0.4, 0.5) is 5.69 Å². The van der Waals surface area contributed by atoms with Crippen LogP contribution in [0.2, 0.25) is 0 Å². The van der Waals surface area contributed by atoms with Gasteiger partial charge in [0.2, 0.25) is 0 Å². The number of hydrogen-bond acceptors (Lipinski definition) is 2. The minimum absolute atomic E-state index is 0.724. The van der Waals surface area contributed by atoms with E-state index in [1.807, 2.05) is 0 Å². The van der Waals surface area contributed by atoms with E-state index in [9.17, 15) is 0 Å². The molecule has 1 aliphatic carbocycles. The summed E-state index contributed by atoms with van der Waals surface area (Å²) < 4.78 is 0. The third-order valence-corrected chi connectivity index (χ3v) is 3.77. The molecule has 1 N–H and O–H groups in total. The van der Waals surface area contributed by atoms with E-state index in [2.05, 4.69) is 56.1 Å². The van der Waals surface area contributed by atoms with Crippen LogP contribution in [0.5, 0.6) is 0 Å². The van der Waals surface area contributed by atoms with Crippen molar-refractivity contribution in [2.45, 2.75) is 53.1 Å². The van der Waals surface area contributed by atoms with Gasteiger partial charge >= 0.3 is 0 Å². The first-order valence-corrected chi connectivity index (χ1v) is 7.68. The molecule has 0 unspecified atom stereocenters. The van der Waals surface area contributed by atoms with Crippen LogP contribution in [0.25, 0.3) is 0 Å². The summed E-state index contributed by atoms with van der Waals surface area (Å²) in [4.78, 5) is 2.61. The Labute approximate surface area is 118 Å². The minimum atomic E-state index is 0.724. The Balaban J connectivity index is 2.12. The van der Waals surface area contributed by atoms with Crippen molar-refractivity contribution < 1.29 is 0 Å². The SMILES string of the molecule is CCNCc1ccc(N(CC(C)C)C2CC2)cc1C. The van der Waals surface area contributed by atoms with Crippen LogP contribution in [0.3, 0.4) is 0 Å². The van der Waals surface area contributed by atoms with Crippen molar-refractivity contribution in [3.8, 4) is 0 Å². The molecule has 0 atom stereocenters. The lowest BCUT2D eigenvalue weighted by molar-refractivity contribution is 0.607. The molecule has 0 aromatic heterocycles. The van der Waals surface area contributed by atoms with Crippen molar-refractivity contribution >= 4 is 5.69 Å². The van der Waals surface area contributed by atoms with E-state index in [1.54, 1.807) is 0 Å². The number of hydrogen-bond donors (Lipinski definition) is 1. The van der Waals surface area contributed by atoms with Gasteiger partial charge in [-0.1, -0.05) is 26.8 Å². The van der Waals surface area contributed by atoms with Crippen molar-refractivity contribution in [1.82, 2.24) is 5.32 Å². The van der Waals surface area contributed by atoms with Crippen LogP contribution in [-0.4, -0.2) is 19.1 Å². The summed E-state index contributed by atoms with van der Waals surface area (Å²) in [5, 5.41) is 3.41. The lowest BCUT2D eigenvalue weighted by atomic mass is 10.1. The van der Waals surface area contributed by atoms with E-state index in [-0.39, 0.29) is 0 Å². The second kappa shape index (κ2) is 6.42. The van der Waals surface area contributed by atoms with Crippen LogP contribution >= 0.6 is 0 Å². The highest BCUT2D eigenvalue weighted by Crippen LogP contribution is 2.33. The normalized spacial score (nSPS) is 15.0. The van der Waals surface area contributed by atoms with E-state index in [4.69, 9.17) is 0 Å². The summed E-state index contributed by atoms with van der Waals surface area (Å²) >= 11 is 0. The molecule has 1 aliphatic rings. The maximum absolute atomic E-state index is 3.41. The highest BCUT2D eigenvalue weighted by molar-refractivity contribution is 5.52. The Morgan fingerprint density at radius 3 is 2.58 bits per heavy atom. The Bertz CT molecular complexity index is 408. The number of benzene rings is 1. The summed E-state index contributed by atoms with van der Waals surface area (Å²) in [5.41, 5.74) is 4.24. The number of aryl methyl sites for hydroxylation is 1. The van der Waals surface area contributed by atoms with E-state index in [1.165, 1.54) is 36.2 Å². The van der Waals surface area contributed by atoms with Crippen LogP contribution in [0, 0.1) is 12.8 Å². The van der Waals surface area contributed by atoms with Gasteiger partial charge in [-0.2, -0.15) is 0 Å². The fourth-order valence-electron chi connectivity index (χ4n) is 2.56. The molecule has 0 spiro atoms. The maximum atomic E-state index is 3.41. The largest absolute Gasteiger partial charge is 0.368 e. The van der Waals surface area contributed by atoms with Gasteiger partial charge in [-0.3, -0.25) is 0 Å². The topological polar surface area (TPSA) is 15.3 Å². The van der Waals surface area contributed by atoms with Crippen molar-refractivity contribution in [2.24, 2.45) is 5.92 Å². The van der Waals surface area contributed by atoms with Gasteiger partial charge in [0.15, 0.2) is 0 Å². The smallest absolute Gasteiger partial charge is 0.0371 e. The van der Waals surface area contributed by atoms with Gasteiger partial charge in [0.25, 0.3) is 0 Å². The standard InChI is InChI=1S/C17H28N2/c1-5-18-11-15-6-7-17(10-14(15)4)19(12-13(2)3)16-8-9-16/h6-7,10,13,16,18H,5,8-9,11-12H2,1-4H3. The molecular formula is C17H28N2. The van der Waals surface area contributed by atoms with Gasteiger partial charge in [0, 0.05) is 24.8 Å². The van der Waals surface area contributed by atoms with Gasteiger partial charge in [0.05, 0.1) is 0 Å². The molecule has 0 saturated heterocycles. The summed E-state index contributed by atoms with van der Waals surface area (Å²) in [6.07, 6.45) is 2.73. The van der Waals surface area contributed by atoms with Crippen LogP contribution in [0.15, 0.2) is 18.2 Å². The lowest BCUT2D eigenvalue weighted by Crippen LogP contribution is -2.29. The van der Waals surface area contributed by atoms with Gasteiger partial charge in [-0.05, 0) is 55.5 Å². The van der Waals surface area contributed by atoms with Gasteiger partial charge in [0.1, 0.15) is 0 Å². The third-order valence-electron chi connectivity index (χ3n) is 3.77. The molecule has 2 heteroatoms. The van der Waals surface area contributed by atoms with Crippen molar-refractivity contribution in [3.05, 3.63) is 29.3 Å². The number of rotatable bonds is 7. The zero-order valence-corrected chi connectivity index (χ0v) is 12.9. The van der Waals surface area contributed by atoms with Crippen molar-refractivity contribution in [2.75, 3.05) is 18.0 Å². The molecule has 0 bridgehead atoms. The average molecular weight is 260 g/mol. The molecule has 1 aromatic carbocycles. The second-order valence-electron chi connectivity index (χ2n) is 6.17. The van der Waals surface area contributed by atoms with Crippen LogP contribution in [-0.2, 0) is 6.54 Å². The van der Waals surface area contributed by atoms with Crippen LogP contribution in [0.1, 0.15) is 44.7 Å². The first-order chi connectivity index (χ1) is 9.11. The summed E-state index contributed by atoms with van der Waals surface area (Å²) in [6.45, 7) is 12.2. The average Bonchev–Trinajstić information content (AvgIpc) is 3.18. The Morgan fingerprint density at radius 1 is 1.32 bits per heavy atom. The third kappa shape index (κ3) is 3.97. The summed E-state index contributed by atoms with van der Waals surface area (Å²) in [6, 6.07) is 7.76. The molecule has 1 saturated carbocycles. The Kier molecular flexibility index (Phi) is 4.87. The maximum Gasteiger partial charge on any atom is 0.0371 e.